The molecule has 1 N–H and O–H groups in total. The molecule has 1 aromatic carbocycles. The standard InChI is InChI=1S/C14H20N4S/c1-4-18(5-2)10-12-6-8-13(9-7-12)17-14(19-3)16-11-15/h6-9H,4-5,10H2,1-3H3,(H,16,17). The van der Waals surface area contributed by atoms with Crippen molar-refractivity contribution in [3.63, 3.8) is 0 Å². The van der Waals surface area contributed by atoms with Gasteiger partial charge in [-0.3, -0.25) is 10.2 Å². The van der Waals surface area contributed by atoms with E-state index < -0.39 is 0 Å². The number of amidine groups is 1. The van der Waals surface area contributed by atoms with Crippen LogP contribution in [0.5, 0.6) is 0 Å². The molecule has 0 amide bonds. The molecule has 1 rings (SSSR count). The van der Waals surface area contributed by atoms with Crippen LogP contribution in [0.3, 0.4) is 0 Å². The van der Waals surface area contributed by atoms with Gasteiger partial charge in [0.15, 0.2) is 11.4 Å². The van der Waals surface area contributed by atoms with Crippen molar-refractivity contribution >= 4 is 22.6 Å². The van der Waals surface area contributed by atoms with Crippen LogP contribution in [0, 0.1) is 11.5 Å². The third-order valence-electron chi connectivity index (χ3n) is 2.82. The monoisotopic (exact) mass is 276 g/mol. The van der Waals surface area contributed by atoms with Gasteiger partial charge in [-0.15, -0.1) is 0 Å². The normalized spacial score (nSPS) is 11.4. The fourth-order valence-corrected chi connectivity index (χ4v) is 2.02. The van der Waals surface area contributed by atoms with Crippen LogP contribution >= 0.6 is 11.8 Å². The molecular formula is C14H20N4S. The molecule has 5 heteroatoms. The average molecular weight is 276 g/mol. The van der Waals surface area contributed by atoms with E-state index in [9.17, 15) is 0 Å². The van der Waals surface area contributed by atoms with Crippen LogP contribution in [-0.4, -0.2) is 29.4 Å². The Morgan fingerprint density at radius 3 is 2.42 bits per heavy atom. The number of nitrogens with one attached hydrogen (secondary N) is 1. The van der Waals surface area contributed by atoms with Crippen molar-refractivity contribution in [3.8, 4) is 6.19 Å². The van der Waals surface area contributed by atoms with Gasteiger partial charge in [0.25, 0.3) is 0 Å². The van der Waals surface area contributed by atoms with E-state index in [2.05, 4.69) is 41.2 Å². The molecule has 102 valence electrons. The second kappa shape index (κ2) is 8.57. The van der Waals surface area contributed by atoms with Gasteiger partial charge < -0.3 is 0 Å². The minimum Gasteiger partial charge on any atom is -0.300 e. The molecule has 0 fully saturated rings. The number of rotatable bonds is 5. The largest absolute Gasteiger partial charge is 0.300 e. The first-order valence-corrected chi connectivity index (χ1v) is 7.55. The third-order valence-corrected chi connectivity index (χ3v) is 3.40. The van der Waals surface area contributed by atoms with Crippen molar-refractivity contribution in [2.45, 2.75) is 20.4 Å². The lowest BCUT2D eigenvalue weighted by Gasteiger charge is -2.17. The Labute approximate surface area is 119 Å². The molecule has 0 aliphatic heterocycles. The Bertz CT molecular complexity index is 444. The van der Waals surface area contributed by atoms with Gasteiger partial charge in [0.1, 0.15) is 0 Å². The minimum absolute atomic E-state index is 0.610. The molecule has 0 unspecified atom stereocenters. The molecule has 0 aromatic heterocycles. The van der Waals surface area contributed by atoms with Gasteiger partial charge >= 0.3 is 0 Å². The first-order chi connectivity index (χ1) is 9.23. The molecule has 0 spiro atoms. The van der Waals surface area contributed by atoms with Gasteiger partial charge in [-0.1, -0.05) is 37.7 Å². The summed E-state index contributed by atoms with van der Waals surface area (Å²) < 4.78 is 0. The molecule has 4 nitrogen and oxygen atoms in total. The van der Waals surface area contributed by atoms with Gasteiger partial charge in [-0.05, 0) is 37.0 Å². The van der Waals surface area contributed by atoms with Crippen LogP contribution in [0.2, 0.25) is 0 Å². The summed E-state index contributed by atoms with van der Waals surface area (Å²) in [5.41, 5.74) is 2.14. The van der Waals surface area contributed by atoms with E-state index in [0.29, 0.717) is 5.17 Å². The predicted octanol–water partition coefficient (Wildman–Crippen LogP) is 2.95. The van der Waals surface area contributed by atoms with E-state index in [-0.39, 0.29) is 0 Å². The van der Waals surface area contributed by atoms with Crippen molar-refractivity contribution in [1.82, 2.24) is 10.2 Å². The Hall–Kier alpha value is -1.51. The number of benzene rings is 1. The van der Waals surface area contributed by atoms with Gasteiger partial charge in [0.2, 0.25) is 0 Å². The molecule has 0 bridgehead atoms. The number of aliphatic imine (C=N–C) groups is 1. The van der Waals surface area contributed by atoms with Gasteiger partial charge in [-0.25, -0.2) is 4.99 Å². The second-order valence-electron chi connectivity index (χ2n) is 3.99. The molecule has 1 aromatic rings. The Kier molecular flexibility index (Phi) is 7.01. The summed E-state index contributed by atoms with van der Waals surface area (Å²) in [5.74, 6) is 0. The quantitative estimate of drug-likeness (QED) is 0.389. The molecule has 0 aliphatic rings. The maximum absolute atomic E-state index is 8.58. The molecule has 0 aliphatic carbocycles. The van der Waals surface area contributed by atoms with Crippen molar-refractivity contribution in [3.05, 3.63) is 29.8 Å². The maximum Gasteiger partial charge on any atom is 0.183 e. The van der Waals surface area contributed by atoms with Gasteiger partial charge in [0.05, 0.1) is 5.69 Å². The summed E-state index contributed by atoms with van der Waals surface area (Å²) in [6, 6.07) is 8.13. The first kappa shape index (κ1) is 15.5. The summed E-state index contributed by atoms with van der Waals surface area (Å²) in [6.45, 7) is 7.40. The van der Waals surface area contributed by atoms with Gasteiger partial charge in [0, 0.05) is 6.54 Å². The van der Waals surface area contributed by atoms with E-state index in [4.69, 9.17) is 5.26 Å². The fraction of sp³-hybridized carbons (Fsp3) is 0.429. The minimum atomic E-state index is 0.610. The van der Waals surface area contributed by atoms with Crippen LogP contribution in [0.1, 0.15) is 19.4 Å². The smallest absolute Gasteiger partial charge is 0.183 e. The Balaban J connectivity index is 2.73. The zero-order chi connectivity index (χ0) is 14.1. The highest BCUT2D eigenvalue weighted by Crippen LogP contribution is 2.16. The van der Waals surface area contributed by atoms with E-state index in [1.807, 2.05) is 24.6 Å². The maximum atomic E-state index is 8.58. The van der Waals surface area contributed by atoms with Crippen molar-refractivity contribution in [2.75, 3.05) is 19.3 Å². The van der Waals surface area contributed by atoms with Crippen molar-refractivity contribution in [1.29, 1.82) is 5.26 Å². The number of hydrogen-bond donors (Lipinski definition) is 1. The summed E-state index contributed by atoms with van der Waals surface area (Å²) in [7, 11) is 0. The fourth-order valence-electron chi connectivity index (χ4n) is 1.67. The summed E-state index contributed by atoms with van der Waals surface area (Å²) >= 11 is 1.42. The van der Waals surface area contributed by atoms with Crippen LogP contribution in [0.15, 0.2) is 29.3 Å². The van der Waals surface area contributed by atoms with E-state index in [1.165, 1.54) is 17.3 Å². The number of nitriles is 1. The number of nitrogens with zero attached hydrogens (tertiary/aromatic N) is 3. The summed E-state index contributed by atoms with van der Waals surface area (Å²) in [4.78, 5) is 6.72. The molecule has 0 saturated heterocycles. The first-order valence-electron chi connectivity index (χ1n) is 6.32. The molecular weight excluding hydrogens is 256 g/mol. The molecule has 0 atom stereocenters. The average Bonchev–Trinajstić information content (AvgIpc) is 2.45. The van der Waals surface area contributed by atoms with Crippen molar-refractivity contribution in [2.24, 2.45) is 4.99 Å². The van der Waals surface area contributed by atoms with E-state index in [0.717, 1.165) is 25.3 Å². The van der Waals surface area contributed by atoms with E-state index >= 15 is 0 Å². The Morgan fingerprint density at radius 2 is 1.95 bits per heavy atom. The Morgan fingerprint density at radius 1 is 1.32 bits per heavy atom. The summed E-state index contributed by atoms with van der Waals surface area (Å²) in [6.07, 6.45) is 3.77. The number of hydrogen-bond acceptors (Lipinski definition) is 4. The van der Waals surface area contributed by atoms with Crippen LogP contribution in [-0.2, 0) is 6.54 Å². The lowest BCUT2D eigenvalue weighted by molar-refractivity contribution is 0.296. The van der Waals surface area contributed by atoms with Crippen LogP contribution in [0.4, 0.5) is 5.69 Å². The zero-order valence-electron chi connectivity index (χ0n) is 11.7. The lowest BCUT2D eigenvalue weighted by Crippen LogP contribution is -2.21. The highest BCUT2D eigenvalue weighted by molar-refractivity contribution is 8.13. The number of thioether (sulfide) groups is 1. The highest BCUT2D eigenvalue weighted by atomic mass is 32.2. The lowest BCUT2D eigenvalue weighted by atomic mass is 10.2. The predicted molar refractivity (Wildman–Crippen MR) is 82.4 cm³/mol. The van der Waals surface area contributed by atoms with Crippen LogP contribution in [0.25, 0.3) is 0 Å². The van der Waals surface area contributed by atoms with Crippen LogP contribution < -0.4 is 5.32 Å². The third kappa shape index (κ3) is 5.33. The highest BCUT2D eigenvalue weighted by Gasteiger charge is 2.01. The molecule has 19 heavy (non-hydrogen) atoms. The molecule has 0 saturated carbocycles. The molecule has 0 radical (unpaired) electrons. The SMILES string of the molecule is CCN(CC)Cc1ccc(N=C(NC#N)SC)cc1. The summed E-state index contributed by atoms with van der Waals surface area (Å²) in [5, 5.41) is 11.7. The van der Waals surface area contributed by atoms with Crippen molar-refractivity contribution < 1.29 is 0 Å². The topological polar surface area (TPSA) is 51.4 Å². The van der Waals surface area contributed by atoms with Gasteiger partial charge in [-0.2, -0.15) is 5.26 Å². The zero-order valence-corrected chi connectivity index (χ0v) is 12.5. The van der Waals surface area contributed by atoms with E-state index in [1.54, 1.807) is 0 Å². The molecule has 0 heterocycles. The second-order valence-corrected chi connectivity index (χ2v) is 4.78.